The number of hydrogen-bond donors (Lipinski definition) is 0. The Morgan fingerprint density at radius 2 is 1.51 bits per heavy atom. The minimum atomic E-state index is -0.259. The lowest BCUT2D eigenvalue weighted by Crippen LogP contribution is -2.03. The topological polar surface area (TPSA) is 64.8 Å². The van der Waals surface area contributed by atoms with Gasteiger partial charge in [0.1, 0.15) is 15.7 Å². The molecule has 3 heterocycles. The van der Waals surface area contributed by atoms with Crippen molar-refractivity contribution >= 4 is 61.4 Å². The molecule has 1 aliphatic rings. The van der Waals surface area contributed by atoms with Crippen LogP contribution in [0.15, 0.2) is 89.9 Å². The Labute approximate surface area is 207 Å². The molecule has 0 unspecified atom stereocenters. The molecule has 1 aliphatic carbocycles. The largest absolute Gasteiger partial charge is 0.292 e. The zero-order valence-corrected chi connectivity index (χ0v) is 19.8. The summed E-state index contributed by atoms with van der Waals surface area (Å²) in [6.45, 7) is 0. The molecule has 0 amide bonds. The fraction of sp³-hybridized carbons (Fsp3) is 0. The van der Waals surface area contributed by atoms with E-state index in [0.29, 0.717) is 17.0 Å². The van der Waals surface area contributed by atoms with Crippen molar-refractivity contribution in [3.8, 4) is 15.6 Å². The highest BCUT2D eigenvalue weighted by atomic mass is 32.1. The number of allylic oxidation sites excluding steroid dienone is 1. The number of Topliss-reactive ketones (excluding diaryl/α,β-unsaturated/α-hetero) is 2. The maximum Gasteiger partial charge on any atom is 0.197 e. The molecule has 0 radical (unpaired) electrons. The number of benzene rings is 3. The Morgan fingerprint density at radius 3 is 2.17 bits per heavy atom. The van der Waals surface area contributed by atoms with Crippen molar-refractivity contribution in [1.82, 2.24) is 14.5 Å². The van der Waals surface area contributed by atoms with Gasteiger partial charge in [0.05, 0.1) is 16.0 Å². The monoisotopic (exact) mass is 489 g/mol. The molecule has 0 fully saturated rings. The number of hydrogen-bond acceptors (Lipinski definition) is 6. The van der Waals surface area contributed by atoms with Crippen molar-refractivity contribution < 1.29 is 9.59 Å². The van der Waals surface area contributed by atoms with E-state index >= 15 is 0 Å². The van der Waals surface area contributed by atoms with Gasteiger partial charge in [-0.3, -0.25) is 14.2 Å². The SMILES string of the molecule is O=C1C(=Cc2nc3sc(-c4nccs4)cc3n2-c2ccccc2)C(=O)c2cc3ccccc3cc21. The summed E-state index contributed by atoms with van der Waals surface area (Å²) in [4.78, 5) is 37.8. The first-order valence-corrected chi connectivity index (χ1v) is 12.7. The molecule has 0 spiro atoms. The number of aromatic nitrogens is 3. The zero-order chi connectivity index (χ0) is 23.5. The van der Waals surface area contributed by atoms with Crippen molar-refractivity contribution in [2.45, 2.75) is 0 Å². The van der Waals surface area contributed by atoms with Crippen LogP contribution in [0.1, 0.15) is 26.5 Å². The van der Waals surface area contributed by atoms with Gasteiger partial charge < -0.3 is 0 Å². The van der Waals surface area contributed by atoms with Crippen molar-refractivity contribution in [1.29, 1.82) is 0 Å². The van der Waals surface area contributed by atoms with Gasteiger partial charge in [0, 0.05) is 28.4 Å². The summed E-state index contributed by atoms with van der Waals surface area (Å²) in [6, 6.07) is 23.3. The molecular formula is C28H15N3O2S2. The minimum absolute atomic E-state index is 0.144. The third-order valence-corrected chi connectivity index (χ3v) is 8.14. The van der Waals surface area contributed by atoms with Crippen LogP contribution in [0.3, 0.4) is 0 Å². The van der Waals surface area contributed by atoms with Crippen molar-refractivity contribution in [2.75, 3.05) is 0 Å². The summed E-state index contributed by atoms with van der Waals surface area (Å²) in [5.41, 5.74) is 2.87. The first-order valence-electron chi connectivity index (χ1n) is 11.0. The minimum Gasteiger partial charge on any atom is -0.292 e. The number of thiophene rings is 1. The van der Waals surface area contributed by atoms with Crippen molar-refractivity contribution in [3.05, 3.63) is 107 Å². The van der Waals surface area contributed by atoms with E-state index in [9.17, 15) is 9.59 Å². The molecular weight excluding hydrogens is 474 g/mol. The van der Waals surface area contributed by atoms with E-state index < -0.39 is 0 Å². The van der Waals surface area contributed by atoms with E-state index in [1.54, 1.807) is 34.9 Å². The average Bonchev–Trinajstić information content (AvgIpc) is 3.65. The van der Waals surface area contributed by atoms with Gasteiger partial charge in [-0.1, -0.05) is 42.5 Å². The van der Waals surface area contributed by atoms with Gasteiger partial charge in [-0.15, -0.1) is 22.7 Å². The molecule has 6 aromatic rings. The van der Waals surface area contributed by atoms with E-state index in [4.69, 9.17) is 4.98 Å². The molecule has 35 heavy (non-hydrogen) atoms. The third-order valence-electron chi connectivity index (χ3n) is 6.17. The smallest absolute Gasteiger partial charge is 0.197 e. The molecule has 0 saturated heterocycles. The molecule has 0 atom stereocenters. The second kappa shape index (κ2) is 7.66. The number of para-hydroxylation sites is 1. The summed E-state index contributed by atoms with van der Waals surface area (Å²) in [6.07, 6.45) is 3.43. The highest BCUT2D eigenvalue weighted by Gasteiger charge is 2.34. The van der Waals surface area contributed by atoms with E-state index in [1.165, 1.54) is 0 Å². The van der Waals surface area contributed by atoms with Crippen LogP contribution in [0, 0.1) is 0 Å². The number of nitrogens with zero attached hydrogens (tertiary/aromatic N) is 3. The van der Waals surface area contributed by atoms with Crippen molar-refractivity contribution in [3.63, 3.8) is 0 Å². The number of ketones is 2. The van der Waals surface area contributed by atoms with E-state index in [-0.39, 0.29) is 17.1 Å². The summed E-state index contributed by atoms with van der Waals surface area (Å²) in [7, 11) is 0. The van der Waals surface area contributed by atoms with Crippen molar-refractivity contribution in [2.24, 2.45) is 0 Å². The molecule has 7 rings (SSSR count). The maximum atomic E-state index is 13.3. The lowest BCUT2D eigenvalue weighted by Gasteiger charge is -2.06. The maximum absolute atomic E-state index is 13.3. The normalized spacial score (nSPS) is 13.2. The molecule has 0 aliphatic heterocycles. The zero-order valence-electron chi connectivity index (χ0n) is 18.1. The van der Waals surface area contributed by atoms with Gasteiger partial charge >= 0.3 is 0 Å². The Hall–Kier alpha value is -4.20. The average molecular weight is 490 g/mol. The number of fused-ring (bicyclic) bond motifs is 3. The Morgan fingerprint density at radius 1 is 0.829 bits per heavy atom. The van der Waals surface area contributed by atoms with Crippen LogP contribution in [0.4, 0.5) is 0 Å². The van der Waals surface area contributed by atoms with Gasteiger partial charge in [-0.25, -0.2) is 9.97 Å². The molecule has 7 heteroatoms. The predicted molar refractivity (Wildman–Crippen MR) is 141 cm³/mol. The summed E-state index contributed by atoms with van der Waals surface area (Å²) in [5, 5.41) is 4.77. The van der Waals surface area contributed by atoms with Gasteiger partial charge in [-0.2, -0.15) is 0 Å². The Kier molecular flexibility index (Phi) is 4.42. The molecule has 3 aromatic heterocycles. The highest BCUT2D eigenvalue weighted by Crippen LogP contribution is 2.37. The Bertz CT molecular complexity index is 1770. The molecule has 0 saturated carbocycles. The summed E-state index contributed by atoms with van der Waals surface area (Å²) in [5.74, 6) is 0.0348. The number of imidazole rings is 1. The van der Waals surface area contributed by atoms with E-state index in [0.717, 1.165) is 36.7 Å². The van der Waals surface area contributed by atoms with Gasteiger partial charge in [0.25, 0.3) is 0 Å². The second-order valence-electron chi connectivity index (χ2n) is 8.24. The Balaban J connectivity index is 1.41. The summed E-state index contributed by atoms with van der Waals surface area (Å²) >= 11 is 3.13. The quantitative estimate of drug-likeness (QED) is 0.202. The molecule has 5 nitrogen and oxygen atoms in total. The van der Waals surface area contributed by atoms with Crippen LogP contribution in [0.5, 0.6) is 0 Å². The lowest BCUT2D eigenvalue weighted by atomic mass is 10.0. The number of carbonyl (C=O) groups is 2. The standard InChI is InChI=1S/C28H15N3O2S2/c32-25-19-12-16-6-4-5-7-17(16)13-20(19)26(33)21(25)14-24-30-27-22(31(24)18-8-2-1-3-9-18)15-23(35-27)28-29-10-11-34-28/h1-15H. The fourth-order valence-electron chi connectivity index (χ4n) is 4.55. The molecule has 0 bridgehead atoms. The first-order chi connectivity index (χ1) is 17.2. The van der Waals surface area contributed by atoms with Gasteiger partial charge in [-0.05, 0) is 47.2 Å². The number of thiazole rings is 1. The van der Waals surface area contributed by atoms with Crippen LogP contribution < -0.4 is 0 Å². The molecule has 0 N–H and O–H groups in total. The van der Waals surface area contributed by atoms with Crippen LogP contribution >= 0.6 is 22.7 Å². The van der Waals surface area contributed by atoms with E-state index in [1.807, 2.05) is 76.7 Å². The van der Waals surface area contributed by atoms with Crippen LogP contribution in [0.2, 0.25) is 0 Å². The number of rotatable bonds is 3. The highest BCUT2D eigenvalue weighted by molar-refractivity contribution is 7.25. The predicted octanol–water partition coefficient (Wildman–Crippen LogP) is 6.83. The fourth-order valence-corrected chi connectivity index (χ4v) is 6.28. The first kappa shape index (κ1) is 20.2. The van der Waals surface area contributed by atoms with Crippen LogP contribution in [0.25, 0.3) is 42.8 Å². The summed E-state index contributed by atoms with van der Waals surface area (Å²) < 4.78 is 2.00. The molecule has 166 valence electrons. The van der Waals surface area contributed by atoms with E-state index in [2.05, 4.69) is 11.1 Å². The third kappa shape index (κ3) is 3.13. The second-order valence-corrected chi connectivity index (χ2v) is 10.2. The van der Waals surface area contributed by atoms with Gasteiger partial charge in [0.2, 0.25) is 0 Å². The van der Waals surface area contributed by atoms with Gasteiger partial charge in [0.15, 0.2) is 11.6 Å². The van der Waals surface area contributed by atoms with Crippen LogP contribution in [-0.2, 0) is 0 Å². The molecule has 3 aromatic carbocycles. The lowest BCUT2D eigenvalue weighted by molar-refractivity contribution is 0.0990. The number of carbonyl (C=O) groups excluding carboxylic acids is 2. The van der Waals surface area contributed by atoms with Crippen LogP contribution in [-0.4, -0.2) is 26.1 Å².